The molecule has 0 aliphatic rings. The van der Waals surface area contributed by atoms with E-state index in [1.54, 1.807) is 18.2 Å². The summed E-state index contributed by atoms with van der Waals surface area (Å²) >= 11 is 0. The van der Waals surface area contributed by atoms with E-state index in [4.69, 9.17) is 4.74 Å². The van der Waals surface area contributed by atoms with E-state index in [-0.39, 0.29) is 22.4 Å². The van der Waals surface area contributed by atoms with Crippen LogP contribution < -0.4 is 15.5 Å². The molecule has 3 N–H and O–H groups in total. The molecule has 0 spiro atoms. The molecule has 7 heteroatoms. The predicted molar refractivity (Wildman–Crippen MR) is 110 cm³/mol. The van der Waals surface area contributed by atoms with Gasteiger partial charge in [-0.3, -0.25) is 9.59 Å². The minimum Gasteiger partial charge on any atom is -0.508 e. The molecule has 3 rings (SSSR count). The minimum absolute atomic E-state index is 0.136. The molecule has 0 radical (unpaired) electrons. The number of phenols is 1. The van der Waals surface area contributed by atoms with Crippen LogP contribution in [0.5, 0.6) is 11.5 Å². The van der Waals surface area contributed by atoms with Gasteiger partial charge in [0.2, 0.25) is 5.43 Å². The van der Waals surface area contributed by atoms with Gasteiger partial charge in [-0.1, -0.05) is 26.8 Å². The maximum absolute atomic E-state index is 14.5. The Morgan fingerprint density at radius 1 is 1.28 bits per heavy atom. The van der Waals surface area contributed by atoms with Gasteiger partial charge in [0.05, 0.1) is 23.2 Å². The fourth-order valence-corrected chi connectivity index (χ4v) is 3.12. The summed E-state index contributed by atoms with van der Waals surface area (Å²) in [6, 6.07) is 7.29. The molecule has 0 aliphatic heterocycles. The van der Waals surface area contributed by atoms with Crippen LogP contribution in [0.3, 0.4) is 0 Å². The molecule has 2 aromatic carbocycles. The van der Waals surface area contributed by atoms with Crippen molar-refractivity contribution in [2.24, 2.45) is 0 Å². The number of carbonyl (C=O) groups excluding carboxylic acids is 1. The van der Waals surface area contributed by atoms with E-state index in [0.717, 1.165) is 6.07 Å². The number of aromatic nitrogens is 1. The molecule has 1 heterocycles. The van der Waals surface area contributed by atoms with Gasteiger partial charge in [-0.25, -0.2) is 4.39 Å². The van der Waals surface area contributed by atoms with Crippen LogP contribution in [0.4, 0.5) is 10.1 Å². The molecule has 152 valence electrons. The van der Waals surface area contributed by atoms with Gasteiger partial charge in [0.1, 0.15) is 22.9 Å². The SMILES string of the molecule is CCOc1cccc2c(=O)c(C(=O)Nc3cc(O)c(C(C)(C)C)cc3F)c[nH]c12. The number of benzene rings is 2. The molecule has 0 fully saturated rings. The van der Waals surface area contributed by atoms with Crippen LogP contribution in [-0.2, 0) is 5.41 Å². The first-order valence-corrected chi connectivity index (χ1v) is 9.25. The lowest BCUT2D eigenvalue weighted by atomic mass is 9.86. The van der Waals surface area contributed by atoms with Crippen LogP contribution in [-0.4, -0.2) is 22.6 Å². The van der Waals surface area contributed by atoms with Crippen molar-refractivity contribution in [3.8, 4) is 11.5 Å². The number of nitrogens with one attached hydrogen (secondary N) is 2. The molecule has 0 atom stereocenters. The fraction of sp³-hybridized carbons (Fsp3) is 0.273. The molecule has 0 bridgehead atoms. The summed E-state index contributed by atoms with van der Waals surface area (Å²) in [7, 11) is 0. The van der Waals surface area contributed by atoms with E-state index >= 15 is 0 Å². The first-order valence-electron chi connectivity index (χ1n) is 9.25. The lowest BCUT2D eigenvalue weighted by Gasteiger charge is -2.21. The zero-order valence-corrected chi connectivity index (χ0v) is 16.7. The first kappa shape index (κ1) is 20.4. The van der Waals surface area contributed by atoms with Gasteiger partial charge < -0.3 is 20.1 Å². The Kier molecular flexibility index (Phi) is 5.33. The number of carbonyl (C=O) groups is 1. The maximum atomic E-state index is 14.5. The number of pyridine rings is 1. The Labute approximate surface area is 167 Å². The van der Waals surface area contributed by atoms with Crippen molar-refractivity contribution in [1.82, 2.24) is 4.98 Å². The van der Waals surface area contributed by atoms with Gasteiger partial charge in [0.25, 0.3) is 5.91 Å². The third-order valence-electron chi connectivity index (χ3n) is 4.56. The standard InChI is InChI=1S/C22H23FN2O4/c1-5-29-18-8-6-7-12-19(18)24-11-13(20(12)27)21(28)25-16-10-17(26)14(9-15(16)23)22(2,3)4/h6-11,26H,5H2,1-4H3,(H,24,27)(H,25,28). The molecule has 0 unspecified atom stereocenters. The average Bonchev–Trinajstić information content (AvgIpc) is 2.64. The second-order valence-electron chi connectivity index (χ2n) is 7.70. The Balaban J connectivity index is 1.98. The van der Waals surface area contributed by atoms with E-state index in [0.29, 0.717) is 23.4 Å². The molecule has 0 saturated carbocycles. The number of anilines is 1. The van der Waals surface area contributed by atoms with Crippen molar-refractivity contribution in [3.05, 3.63) is 63.7 Å². The van der Waals surface area contributed by atoms with E-state index in [1.165, 1.54) is 12.3 Å². The molecular weight excluding hydrogens is 375 g/mol. The van der Waals surface area contributed by atoms with Crippen molar-refractivity contribution in [2.45, 2.75) is 33.1 Å². The van der Waals surface area contributed by atoms with Gasteiger partial charge >= 0.3 is 0 Å². The summed E-state index contributed by atoms with van der Waals surface area (Å²) in [4.78, 5) is 28.3. The highest BCUT2D eigenvalue weighted by molar-refractivity contribution is 6.06. The van der Waals surface area contributed by atoms with Crippen LogP contribution >= 0.6 is 0 Å². The Morgan fingerprint density at radius 3 is 2.66 bits per heavy atom. The van der Waals surface area contributed by atoms with Crippen molar-refractivity contribution >= 4 is 22.5 Å². The number of phenolic OH excluding ortho intramolecular Hbond substituents is 1. The number of halogens is 1. The molecule has 1 aromatic heterocycles. The molecule has 0 saturated heterocycles. The predicted octanol–water partition coefficient (Wildman–Crippen LogP) is 4.32. The lowest BCUT2D eigenvalue weighted by molar-refractivity contribution is 0.102. The number of ether oxygens (including phenoxy) is 1. The first-order chi connectivity index (χ1) is 13.6. The largest absolute Gasteiger partial charge is 0.508 e. The highest BCUT2D eigenvalue weighted by Crippen LogP contribution is 2.34. The van der Waals surface area contributed by atoms with Gasteiger partial charge in [0, 0.05) is 17.8 Å². The number of amides is 1. The summed E-state index contributed by atoms with van der Waals surface area (Å²) in [5.41, 5.74) is -0.461. The number of aromatic hydroxyl groups is 1. The smallest absolute Gasteiger partial charge is 0.261 e. The summed E-state index contributed by atoms with van der Waals surface area (Å²) in [6.45, 7) is 7.77. The average molecular weight is 398 g/mol. The van der Waals surface area contributed by atoms with Crippen molar-refractivity contribution in [2.75, 3.05) is 11.9 Å². The third kappa shape index (κ3) is 3.94. The summed E-state index contributed by atoms with van der Waals surface area (Å²) in [5, 5.41) is 12.9. The zero-order valence-electron chi connectivity index (χ0n) is 16.7. The molecular formula is C22H23FN2O4. The van der Waals surface area contributed by atoms with Gasteiger partial charge in [-0.2, -0.15) is 0 Å². The lowest BCUT2D eigenvalue weighted by Crippen LogP contribution is -2.23. The molecule has 0 aliphatic carbocycles. The highest BCUT2D eigenvalue weighted by atomic mass is 19.1. The topological polar surface area (TPSA) is 91.4 Å². The van der Waals surface area contributed by atoms with Crippen LogP contribution in [0.25, 0.3) is 10.9 Å². The van der Waals surface area contributed by atoms with E-state index in [9.17, 15) is 19.1 Å². The number of aromatic amines is 1. The monoisotopic (exact) mass is 398 g/mol. The molecule has 29 heavy (non-hydrogen) atoms. The van der Waals surface area contributed by atoms with Gasteiger partial charge in [-0.15, -0.1) is 0 Å². The third-order valence-corrected chi connectivity index (χ3v) is 4.56. The Hall–Kier alpha value is -3.35. The number of rotatable bonds is 4. The number of hydrogen-bond donors (Lipinski definition) is 3. The normalized spacial score (nSPS) is 11.5. The van der Waals surface area contributed by atoms with Crippen LogP contribution in [0.15, 0.2) is 41.3 Å². The van der Waals surface area contributed by atoms with Crippen LogP contribution in [0.2, 0.25) is 0 Å². The van der Waals surface area contributed by atoms with E-state index in [2.05, 4.69) is 10.3 Å². The fourth-order valence-electron chi connectivity index (χ4n) is 3.12. The van der Waals surface area contributed by atoms with Crippen molar-refractivity contribution in [3.63, 3.8) is 0 Å². The maximum Gasteiger partial charge on any atom is 0.261 e. The van der Waals surface area contributed by atoms with Gasteiger partial charge in [-0.05, 0) is 30.5 Å². The second kappa shape index (κ2) is 7.58. The number of fused-ring (bicyclic) bond motifs is 1. The molecule has 3 aromatic rings. The van der Waals surface area contributed by atoms with Crippen molar-refractivity contribution < 1.29 is 19.0 Å². The Morgan fingerprint density at radius 2 is 2.00 bits per heavy atom. The molecule has 1 amide bonds. The van der Waals surface area contributed by atoms with Crippen LogP contribution in [0.1, 0.15) is 43.6 Å². The number of para-hydroxylation sites is 1. The quantitative estimate of drug-likeness (QED) is 0.610. The number of hydrogen-bond acceptors (Lipinski definition) is 4. The number of H-pyrrole nitrogens is 1. The minimum atomic E-state index is -0.781. The second-order valence-corrected chi connectivity index (χ2v) is 7.70. The zero-order chi connectivity index (χ0) is 21.3. The Bertz CT molecular complexity index is 1150. The van der Waals surface area contributed by atoms with E-state index < -0.39 is 22.6 Å². The summed E-state index contributed by atoms with van der Waals surface area (Å²) < 4.78 is 20.0. The highest BCUT2D eigenvalue weighted by Gasteiger charge is 2.22. The molecule has 6 nitrogen and oxygen atoms in total. The van der Waals surface area contributed by atoms with Crippen molar-refractivity contribution in [1.29, 1.82) is 0 Å². The van der Waals surface area contributed by atoms with Gasteiger partial charge in [0.15, 0.2) is 0 Å². The van der Waals surface area contributed by atoms with E-state index in [1.807, 2.05) is 27.7 Å². The van der Waals surface area contributed by atoms with Crippen LogP contribution in [0, 0.1) is 5.82 Å². The summed E-state index contributed by atoms with van der Waals surface area (Å²) in [6.07, 6.45) is 1.27. The summed E-state index contributed by atoms with van der Waals surface area (Å²) in [5.74, 6) is -1.11.